The minimum atomic E-state index is 0.218. The van der Waals surface area contributed by atoms with Crippen LogP contribution in [-0.2, 0) is 6.61 Å². The molecule has 0 amide bonds. The van der Waals surface area contributed by atoms with Gasteiger partial charge in [0.15, 0.2) is 6.23 Å². The van der Waals surface area contributed by atoms with Gasteiger partial charge in [-0.05, 0) is 55.5 Å². The van der Waals surface area contributed by atoms with Crippen LogP contribution in [0.3, 0.4) is 0 Å². The van der Waals surface area contributed by atoms with E-state index in [4.69, 9.17) is 9.47 Å². The van der Waals surface area contributed by atoms with Crippen LogP contribution in [0.4, 0.5) is 0 Å². The van der Waals surface area contributed by atoms with Crippen molar-refractivity contribution >= 4 is 0 Å². The minimum Gasteiger partial charge on any atom is -0.489 e. The predicted octanol–water partition coefficient (Wildman–Crippen LogP) is 7.21. The molecule has 30 heavy (non-hydrogen) atoms. The average Bonchev–Trinajstić information content (AvgIpc) is 2.80. The van der Waals surface area contributed by atoms with E-state index in [0.29, 0.717) is 6.61 Å². The molecule has 2 aromatic carbocycles. The number of nitrogens with zero attached hydrogens (tertiary/aromatic N) is 1. The van der Waals surface area contributed by atoms with Gasteiger partial charge in [-0.15, -0.1) is 0 Å². The summed E-state index contributed by atoms with van der Waals surface area (Å²) in [6.45, 7) is 5.20. The topological polar surface area (TPSA) is 21.7 Å². The van der Waals surface area contributed by atoms with Gasteiger partial charge in [-0.2, -0.15) is 0 Å². The highest BCUT2D eigenvalue weighted by Crippen LogP contribution is 2.24. The molecular formula is C27H39NO2. The molecule has 0 N–H and O–H groups in total. The molecule has 0 aliphatic carbocycles. The van der Waals surface area contributed by atoms with Crippen LogP contribution in [0.25, 0.3) is 0 Å². The molecule has 1 aliphatic rings. The Kier molecular flexibility index (Phi) is 10.1. The lowest BCUT2D eigenvalue weighted by Gasteiger charge is -2.35. The smallest absolute Gasteiger partial charge is 0.152 e. The molecule has 1 heterocycles. The summed E-state index contributed by atoms with van der Waals surface area (Å²) in [6.07, 6.45) is 13.4. The Morgan fingerprint density at radius 1 is 0.800 bits per heavy atom. The van der Waals surface area contributed by atoms with Crippen LogP contribution in [0.2, 0.25) is 0 Å². The van der Waals surface area contributed by atoms with Crippen LogP contribution in [0.15, 0.2) is 54.6 Å². The summed E-state index contributed by atoms with van der Waals surface area (Å²) >= 11 is 0. The van der Waals surface area contributed by atoms with Gasteiger partial charge in [0.2, 0.25) is 0 Å². The molecule has 1 aliphatic heterocycles. The van der Waals surface area contributed by atoms with Crippen molar-refractivity contribution in [1.29, 1.82) is 0 Å². The third-order valence-corrected chi connectivity index (χ3v) is 5.95. The van der Waals surface area contributed by atoms with Gasteiger partial charge in [-0.1, -0.05) is 75.8 Å². The van der Waals surface area contributed by atoms with E-state index in [1.54, 1.807) is 0 Å². The number of ether oxygens (including phenoxy) is 2. The van der Waals surface area contributed by atoms with Crippen molar-refractivity contribution < 1.29 is 9.47 Å². The molecule has 164 valence electrons. The van der Waals surface area contributed by atoms with Crippen molar-refractivity contribution in [2.45, 2.75) is 84.0 Å². The number of hydrogen-bond acceptors (Lipinski definition) is 3. The second-order valence-corrected chi connectivity index (χ2v) is 8.47. The van der Waals surface area contributed by atoms with Crippen molar-refractivity contribution in [3.63, 3.8) is 0 Å². The third kappa shape index (κ3) is 8.02. The molecule has 1 unspecified atom stereocenters. The summed E-state index contributed by atoms with van der Waals surface area (Å²) in [5, 5.41) is 0. The lowest BCUT2D eigenvalue weighted by atomic mass is 10.1. The lowest BCUT2D eigenvalue weighted by Crippen LogP contribution is -2.43. The van der Waals surface area contributed by atoms with E-state index in [0.717, 1.165) is 24.5 Å². The lowest BCUT2D eigenvalue weighted by molar-refractivity contribution is -0.00478. The first-order valence-corrected chi connectivity index (χ1v) is 12.0. The van der Waals surface area contributed by atoms with E-state index in [2.05, 4.69) is 24.0 Å². The van der Waals surface area contributed by atoms with Crippen molar-refractivity contribution in [3.05, 3.63) is 60.2 Å². The van der Waals surface area contributed by atoms with Crippen LogP contribution >= 0.6 is 0 Å². The number of rotatable bonds is 13. The number of hydrogen-bond donors (Lipinski definition) is 0. The van der Waals surface area contributed by atoms with Gasteiger partial charge >= 0.3 is 0 Å². The molecule has 0 saturated carbocycles. The van der Waals surface area contributed by atoms with Crippen LogP contribution in [0, 0.1) is 0 Å². The Morgan fingerprint density at radius 3 is 2.27 bits per heavy atom. The Balaban J connectivity index is 1.40. The Morgan fingerprint density at radius 2 is 1.50 bits per heavy atom. The third-order valence-electron chi connectivity index (χ3n) is 5.95. The second kappa shape index (κ2) is 13.3. The molecule has 0 radical (unpaired) electrons. The van der Waals surface area contributed by atoms with Crippen molar-refractivity contribution in [2.24, 2.45) is 0 Å². The molecule has 1 saturated heterocycles. The predicted molar refractivity (Wildman–Crippen MR) is 125 cm³/mol. The van der Waals surface area contributed by atoms with Gasteiger partial charge < -0.3 is 9.47 Å². The number of likely N-dealkylation sites (tertiary alicyclic amines) is 1. The Bertz CT molecular complexity index is 686. The molecule has 0 aromatic heterocycles. The number of piperidine rings is 1. The van der Waals surface area contributed by atoms with E-state index in [1.165, 1.54) is 69.9 Å². The van der Waals surface area contributed by atoms with Crippen LogP contribution in [-0.4, -0.2) is 24.2 Å². The Labute approximate surface area is 183 Å². The van der Waals surface area contributed by atoms with Crippen LogP contribution in [0.5, 0.6) is 11.5 Å². The fraction of sp³-hybridized carbons (Fsp3) is 0.556. The summed E-state index contributed by atoms with van der Waals surface area (Å²) in [5.74, 6) is 1.83. The highest BCUT2D eigenvalue weighted by Gasteiger charge is 2.23. The van der Waals surface area contributed by atoms with E-state index < -0.39 is 0 Å². The summed E-state index contributed by atoms with van der Waals surface area (Å²) in [6, 6.07) is 18.4. The molecular weight excluding hydrogens is 370 g/mol. The van der Waals surface area contributed by atoms with Gasteiger partial charge in [-0.3, -0.25) is 4.90 Å². The molecule has 0 spiro atoms. The molecule has 1 atom stereocenters. The zero-order valence-electron chi connectivity index (χ0n) is 18.7. The van der Waals surface area contributed by atoms with Crippen molar-refractivity contribution in [3.8, 4) is 11.5 Å². The fourth-order valence-corrected chi connectivity index (χ4v) is 4.13. The highest BCUT2D eigenvalue weighted by atomic mass is 16.5. The summed E-state index contributed by atoms with van der Waals surface area (Å²) in [7, 11) is 0. The SMILES string of the molecule is CCCCCCCCCN1CCCCC1Oc1ccc(OCc2ccccc2)cc1. The quantitative estimate of drug-likeness (QED) is 0.326. The largest absolute Gasteiger partial charge is 0.489 e. The maximum atomic E-state index is 6.37. The van der Waals surface area contributed by atoms with Crippen LogP contribution in [0.1, 0.15) is 76.7 Å². The standard InChI is InChI=1S/C27H39NO2/c1-2-3-4-5-6-7-12-21-28-22-13-11-16-27(28)30-26-19-17-25(18-20-26)29-23-24-14-9-8-10-15-24/h8-10,14-15,17-20,27H,2-7,11-13,16,21-23H2,1H3. The van der Waals surface area contributed by atoms with Gasteiger partial charge in [0.1, 0.15) is 18.1 Å². The highest BCUT2D eigenvalue weighted by molar-refractivity contribution is 5.31. The van der Waals surface area contributed by atoms with Gasteiger partial charge in [-0.25, -0.2) is 0 Å². The normalized spacial score (nSPS) is 17.0. The summed E-state index contributed by atoms with van der Waals surface area (Å²) in [4.78, 5) is 2.55. The molecule has 3 nitrogen and oxygen atoms in total. The zero-order chi connectivity index (χ0) is 20.9. The molecule has 2 aromatic rings. The number of benzene rings is 2. The van der Waals surface area contributed by atoms with E-state index in [-0.39, 0.29) is 6.23 Å². The first-order chi connectivity index (χ1) is 14.8. The maximum absolute atomic E-state index is 6.37. The molecule has 3 heteroatoms. The summed E-state index contributed by atoms with van der Waals surface area (Å²) in [5.41, 5.74) is 1.18. The van der Waals surface area contributed by atoms with Crippen LogP contribution < -0.4 is 9.47 Å². The minimum absolute atomic E-state index is 0.218. The van der Waals surface area contributed by atoms with Crippen molar-refractivity contribution in [1.82, 2.24) is 4.90 Å². The molecule has 0 bridgehead atoms. The van der Waals surface area contributed by atoms with Gasteiger partial charge in [0.05, 0.1) is 0 Å². The molecule has 3 rings (SSSR count). The zero-order valence-corrected chi connectivity index (χ0v) is 18.7. The second-order valence-electron chi connectivity index (χ2n) is 8.47. The fourth-order valence-electron chi connectivity index (χ4n) is 4.13. The van der Waals surface area contributed by atoms with E-state index in [9.17, 15) is 0 Å². The summed E-state index contributed by atoms with van der Waals surface area (Å²) < 4.78 is 12.3. The van der Waals surface area contributed by atoms with Gasteiger partial charge in [0.25, 0.3) is 0 Å². The number of unbranched alkanes of at least 4 members (excludes halogenated alkanes) is 6. The first-order valence-electron chi connectivity index (χ1n) is 12.0. The first kappa shape index (κ1) is 22.7. The molecule has 1 fully saturated rings. The van der Waals surface area contributed by atoms with E-state index >= 15 is 0 Å². The monoisotopic (exact) mass is 409 g/mol. The Hall–Kier alpha value is -2.00. The van der Waals surface area contributed by atoms with E-state index in [1.807, 2.05) is 42.5 Å². The maximum Gasteiger partial charge on any atom is 0.152 e. The van der Waals surface area contributed by atoms with Gasteiger partial charge in [0, 0.05) is 13.1 Å². The average molecular weight is 410 g/mol. The van der Waals surface area contributed by atoms with Crippen molar-refractivity contribution in [2.75, 3.05) is 13.1 Å².